The molecule has 2 N–H and O–H groups in total. The number of β-amino-alcohol motifs (C(OH)–C–C–N with tert-alkyl or cyclic N) is 1. The third kappa shape index (κ3) is 2.21. The maximum absolute atomic E-state index is 12.6. The normalized spacial score (nSPS) is 21.6. The Balaban J connectivity index is 1.55. The molecule has 6 heteroatoms. The Morgan fingerprint density at radius 3 is 2.87 bits per heavy atom. The summed E-state index contributed by atoms with van der Waals surface area (Å²) in [5.41, 5.74) is 2.06. The lowest BCUT2D eigenvalue weighted by Crippen LogP contribution is -2.58. The number of hydrogen-bond acceptors (Lipinski definition) is 4. The van der Waals surface area contributed by atoms with E-state index < -0.39 is 11.6 Å². The summed E-state index contributed by atoms with van der Waals surface area (Å²) in [6.07, 6.45) is 3.22. The number of nitrogens with one attached hydrogen (secondary N) is 1. The van der Waals surface area contributed by atoms with Crippen molar-refractivity contribution in [1.82, 2.24) is 14.9 Å². The summed E-state index contributed by atoms with van der Waals surface area (Å²) < 4.78 is 5.48. The summed E-state index contributed by atoms with van der Waals surface area (Å²) in [5, 5.41) is 10.3. The Morgan fingerprint density at radius 1 is 1.39 bits per heavy atom. The zero-order valence-corrected chi connectivity index (χ0v) is 12.7. The molecule has 23 heavy (non-hydrogen) atoms. The number of fused-ring (bicyclic) bond motifs is 2. The molecule has 120 valence electrons. The summed E-state index contributed by atoms with van der Waals surface area (Å²) >= 11 is 0. The molecule has 1 amide bonds. The smallest absolute Gasteiger partial charge is 0.410 e. The van der Waals surface area contributed by atoms with E-state index in [4.69, 9.17) is 4.74 Å². The maximum atomic E-state index is 12.6. The highest BCUT2D eigenvalue weighted by atomic mass is 16.6. The van der Waals surface area contributed by atoms with Crippen molar-refractivity contribution < 1.29 is 14.6 Å². The first-order chi connectivity index (χ1) is 11.2. The van der Waals surface area contributed by atoms with E-state index in [-0.39, 0.29) is 19.2 Å². The van der Waals surface area contributed by atoms with E-state index in [0.717, 1.165) is 36.2 Å². The first-order valence-corrected chi connectivity index (χ1v) is 7.91. The number of amides is 1. The third-order valence-electron chi connectivity index (χ3n) is 4.92. The van der Waals surface area contributed by atoms with E-state index in [1.807, 2.05) is 30.3 Å². The van der Waals surface area contributed by atoms with Crippen LogP contribution in [0.1, 0.15) is 42.3 Å². The lowest BCUT2D eigenvalue weighted by molar-refractivity contribution is -0.0400. The van der Waals surface area contributed by atoms with Crippen LogP contribution in [0.3, 0.4) is 0 Å². The molecule has 2 aliphatic rings. The van der Waals surface area contributed by atoms with Crippen LogP contribution in [0.15, 0.2) is 36.7 Å². The minimum atomic E-state index is -0.747. The van der Waals surface area contributed by atoms with Crippen LogP contribution in [0.4, 0.5) is 4.79 Å². The number of benzene rings is 1. The largest absolute Gasteiger partial charge is 0.445 e. The van der Waals surface area contributed by atoms with Crippen molar-refractivity contribution in [1.29, 1.82) is 0 Å². The number of carbonyl (C=O) groups is 1. The van der Waals surface area contributed by atoms with E-state index >= 15 is 0 Å². The Labute approximate surface area is 134 Å². The monoisotopic (exact) mass is 313 g/mol. The minimum Gasteiger partial charge on any atom is -0.445 e. The Morgan fingerprint density at radius 2 is 2.17 bits per heavy atom. The molecule has 6 nitrogen and oxygen atoms in total. The first-order valence-electron chi connectivity index (χ1n) is 7.91. The standard InChI is InChI=1S/C17H19N3O3/c21-13-9-20(16(22)23-10-12-5-2-1-3-6-12)17(7-4-8-17)15-14(13)18-11-19-15/h1-3,5-6,11,13,21H,4,7-10H2,(H,18,19). The number of rotatable bonds is 2. The molecule has 2 aromatic rings. The average Bonchev–Trinajstić information content (AvgIpc) is 3.02. The van der Waals surface area contributed by atoms with Gasteiger partial charge in [-0.15, -0.1) is 0 Å². The van der Waals surface area contributed by atoms with Crippen molar-refractivity contribution in [2.24, 2.45) is 0 Å². The van der Waals surface area contributed by atoms with E-state index in [1.54, 1.807) is 11.2 Å². The van der Waals surface area contributed by atoms with Crippen LogP contribution >= 0.6 is 0 Å². The SMILES string of the molecule is O=C(OCc1ccccc1)N1CC(O)c2[nH]cnc2C12CCC2. The molecule has 1 atom stereocenters. The van der Waals surface area contributed by atoms with Crippen LogP contribution in [0, 0.1) is 0 Å². The number of aromatic amines is 1. The van der Waals surface area contributed by atoms with Gasteiger partial charge in [0.25, 0.3) is 0 Å². The van der Waals surface area contributed by atoms with Gasteiger partial charge >= 0.3 is 6.09 Å². The van der Waals surface area contributed by atoms with Crippen LogP contribution < -0.4 is 0 Å². The van der Waals surface area contributed by atoms with Gasteiger partial charge in [0, 0.05) is 0 Å². The topological polar surface area (TPSA) is 78.5 Å². The number of aliphatic hydroxyl groups excluding tert-OH is 1. The van der Waals surface area contributed by atoms with E-state index in [2.05, 4.69) is 9.97 Å². The van der Waals surface area contributed by atoms with Crippen molar-refractivity contribution >= 4 is 6.09 Å². The summed E-state index contributed by atoms with van der Waals surface area (Å²) in [6.45, 7) is 0.471. The van der Waals surface area contributed by atoms with Crippen LogP contribution in [0.25, 0.3) is 0 Å². The molecule has 1 unspecified atom stereocenters. The van der Waals surface area contributed by atoms with Crippen LogP contribution in [-0.2, 0) is 16.9 Å². The first kappa shape index (κ1) is 14.3. The molecule has 1 aliphatic carbocycles. The number of imidazole rings is 1. The van der Waals surface area contributed by atoms with Gasteiger partial charge < -0.3 is 14.8 Å². The van der Waals surface area contributed by atoms with Gasteiger partial charge in [0.15, 0.2) is 0 Å². The predicted molar refractivity (Wildman–Crippen MR) is 82.4 cm³/mol. The fraction of sp³-hybridized carbons (Fsp3) is 0.412. The van der Waals surface area contributed by atoms with Gasteiger partial charge in [-0.25, -0.2) is 9.78 Å². The quantitative estimate of drug-likeness (QED) is 0.893. The fourth-order valence-electron chi connectivity index (χ4n) is 3.56. The number of ether oxygens (including phenoxy) is 1. The molecule has 1 aliphatic heterocycles. The van der Waals surface area contributed by atoms with Crippen molar-refractivity contribution in [3.05, 3.63) is 53.6 Å². The summed E-state index contributed by atoms with van der Waals surface area (Å²) in [4.78, 5) is 21.6. The number of carbonyl (C=O) groups excluding carboxylic acids is 1. The average molecular weight is 313 g/mol. The van der Waals surface area contributed by atoms with Gasteiger partial charge in [-0.3, -0.25) is 4.90 Å². The van der Waals surface area contributed by atoms with Gasteiger partial charge in [0.2, 0.25) is 0 Å². The lowest BCUT2D eigenvalue weighted by Gasteiger charge is -2.52. The number of aromatic nitrogens is 2. The summed E-state index contributed by atoms with van der Waals surface area (Å²) in [5.74, 6) is 0. The number of aliphatic hydroxyl groups is 1. The molecule has 1 aromatic carbocycles. The number of H-pyrrole nitrogens is 1. The molecular formula is C17H19N3O3. The maximum Gasteiger partial charge on any atom is 0.410 e. The van der Waals surface area contributed by atoms with Crippen LogP contribution in [0.2, 0.25) is 0 Å². The predicted octanol–water partition coefficient (Wildman–Crippen LogP) is 2.47. The van der Waals surface area contributed by atoms with Gasteiger partial charge in [-0.05, 0) is 24.8 Å². The van der Waals surface area contributed by atoms with Gasteiger partial charge in [-0.2, -0.15) is 0 Å². The molecule has 0 radical (unpaired) electrons. The summed E-state index contributed by atoms with van der Waals surface area (Å²) in [6, 6.07) is 9.59. The van der Waals surface area contributed by atoms with Gasteiger partial charge in [0.1, 0.15) is 12.7 Å². The highest BCUT2D eigenvalue weighted by molar-refractivity contribution is 5.70. The van der Waals surface area contributed by atoms with Crippen molar-refractivity contribution in [2.75, 3.05) is 6.54 Å². The molecule has 0 bridgehead atoms. The van der Waals surface area contributed by atoms with Crippen molar-refractivity contribution in [3.8, 4) is 0 Å². The second kappa shape index (κ2) is 5.38. The van der Waals surface area contributed by atoms with Crippen molar-refractivity contribution in [2.45, 2.75) is 37.5 Å². The van der Waals surface area contributed by atoms with E-state index in [9.17, 15) is 9.90 Å². The Hall–Kier alpha value is -2.34. The zero-order chi connectivity index (χ0) is 15.9. The minimum absolute atomic E-state index is 0.232. The molecule has 1 fully saturated rings. The number of nitrogens with zero attached hydrogens (tertiary/aromatic N) is 2. The summed E-state index contributed by atoms with van der Waals surface area (Å²) in [7, 11) is 0. The van der Waals surface area contributed by atoms with Crippen LogP contribution in [0.5, 0.6) is 0 Å². The third-order valence-corrected chi connectivity index (χ3v) is 4.92. The fourth-order valence-corrected chi connectivity index (χ4v) is 3.56. The molecule has 0 saturated heterocycles. The highest BCUT2D eigenvalue weighted by Gasteiger charge is 2.53. The lowest BCUT2D eigenvalue weighted by atomic mass is 9.70. The highest BCUT2D eigenvalue weighted by Crippen LogP contribution is 2.50. The van der Waals surface area contributed by atoms with E-state index in [1.165, 1.54) is 0 Å². The molecule has 1 spiro atoms. The second-order valence-electron chi connectivity index (χ2n) is 6.22. The second-order valence-corrected chi connectivity index (χ2v) is 6.22. The van der Waals surface area contributed by atoms with Gasteiger partial charge in [-0.1, -0.05) is 30.3 Å². The number of hydrogen-bond donors (Lipinski definition) is 2. The van der Waals surface area contributed by atoms with Crippen LogP contribution in [-0.4, -0.2) is 32.6 Å². The zero-order valence-electron chi connectivity index (χ0n) is 12.7. The Bertz CT molecular complexity index is 709. The molecule has 1 saturated carbocycles. The Kier molecular flexibility index (Phi) is 3.34. The van der Waals surface area contributed by atoms with Gasteiger partial charge in [0.05, 0.1) is 29.8 Å². The molecule has 1 aromatic heterocycles. The molecule has 2 heterocycles. The van der Waals surface area contributed by atoms with E-state index in [0.29, 0.717) is 0 Å². The molecular weight excluding hydrogens is 294 g/mol. The molecule has 4 rings (SSSR count). The van der Waals surface area contributed by atoms with Crippen molar-refractivity contribution in [3.63, 3.8) is 0 Å².